The second kappa shape index (κ2) is 10.5. The molecular formula is C28H32N4O5. The van der Waals surface area contributed by atoms with Gasteiger partial charge in [-0.25, -0.2) is 9.59 Å². The second-order valence-corrected chi connectivity index (χ2v) is 10.1. The van der Waals surface area contributed by atoms with Crippen molar-refractivity contribution in [3.63, 3.8) is 0 Å². The number of fused-ring (bicyclic) bond motifs is 1. The van der Waals surface area contributed by atoms with Crippen LogP contribution in [-0.2, 0) is 20.1 Å². The number of benzene rings is 1. The van der Waals surface area contributed by atoms with E-state index in [0.717, 1.165) is 22.1 Å². The molecule has 9 heteroatoms. The van der Waals surface area contributed by atoms with Crippen LogP contribution in [-0.4, -0.2) is 30.0 Å². The molecule has 0 saturated heterocycles. The quantitative estimate of drug-likeness (QED) is 0.355. The predicted octanol–water partition coefficient (Wildman–Crippen LogP) is 4.64. The zero-order valence-electron chi connectivity index (χ0n) is 21.8. The average molecular weight is 505 g/mol. The van der Waals surface area contributed by atoms with Gasteiger partial charge in [-0.2, -0.15) is 5.10 Å². The Balaban J connectivity index is 2.03. The predicted molar refractivity (Wildman–Crippen MR) is 143 cm³/mol. The molecule has 0 atom stereocenters. The maximum atomic E-state index is 13.4. The van der Waals surface area contributed by atoms with E-state index in [-0.39, 0.29) is 28.5 Å². The lowest BCUT2D eigenvalue weighted by Crippen LogP contribution is -2.38. The smallest absolute Gasteiger partial charge is 0.371 e. The average Bonchev–Trinajstić information content (AvgIpc) is 3.48. The first-order chi connectivity index (χ1) is 17.6. The van der Waals surface area contributed by atoms with Gasteiger partial charge < -0.3 is 9.52 Å². The molecule has 0 spiro atoms. The largest absolute Gasteiger partial charge is 0.475 e. The lowest BCUT2D eigenvalue weighted by atomic mass is 10.0. The van der Waals surface area contributed by atoms with Gasteiger partial charge in [0, 0.05) is 13.6 Å². The third-order valence-electron chi connectivity index (χ3n) is 6.12. The summed E-state index contributed by atoms with van der Waals surface area (Å²) in [5.74, 6) is -0.709. The molecule has 9 nitrogen and oxygen atoms in total. The molecular weight excluding hydrogens is 472 g/mol. The molecule has 1 N–H and O–H groups in total. The molecule has 3 aromatic heterocycles. The highest BCUT2D eigenvalue weighted by molar-refractivity contribution is 5.91. The number of rotatable bonds is 9. The molecule has 0 bridgehead atoms. The van der Waals surface area contributed by atoms with Crippen LogP contribution in [0.5, 0.6) is 0 Å². The Labute approximate surface area is 214 Å². The molecule has 0 fully saturated rings. The van der Waals surface area contributed by atoms with Crippen LogP contribution in [0.3, 0.4) is 0 Å². The van der Waals surface area contributed by atoms with Gasteiger partial charge >= 0.3 is 11.7 Å². The van der Waals surface area contributed by atoms with Gasteiger partial charge in [0.1, 0.15) is 11.1 Å². The Morgan fingerprint density at radius 2 is 1.76 bits per heavy atom. The van der Waals surface area contributed by atoms with Crippen LogP contribution >= 0.6 is 0 Å². The number of aromatic carboxylic acids is 1. The molecule has 4 rings (SSSR count). The summed E-state index contributed by atoms with van der Waals surface area (Å²) >= 11 is 0. The fourth-order valence-corrected chi connectivity index (χ4v) is 4.30. The van der Waals surface area contributed by atoms with Gasteiger partial charge in [0.15, 0.2) is 11.4 Å². The van der Waals surface area contributed by atoms with Crippen molar-refractivity contribution in [2.24, 2.45) is 18.9 Å². The van der Waals surface area contributed by atoms with E-state index < -0.39 is 17.2 Å². The summed E-state index contributed by atoms with van der Waals surface area (Å²) in [5.41, 5.74) is 1.62. The summed E-state index contributed by atoms with van der Waals surface area (Å²) in [6.07, 6.45) is 2.99. The minimum Gasteiger partial charge on any atom is -0.475 e. The van der Waals surface area contributed by atoms with Crippen LogP contribution in [0.4, 0.5) is 0 Å². The Kier molecular flexibility index (Phi) is 7.33. The van der Waals surface area contributed by atoms with Crippen LogP contribution in [0.2, 0.25) is 0 Å². The van der Waals surface area contributed by atoms with E-state index in [1.165, 1.54) is 23.7 Å². The first kappa shape index (κ1) is 25.9. The molecule has 194 valence electrons. The molecule has 0 amide bonds. The number of aromatic nitrogens is 4. The number of nitrogens with zero attached hydrogens (tertiary/aromatic N) is 4. The molecule has 0 aliphatic heterocycles. The Hall–Kier alpha value is -4.14. The van der Waals surface area contributed by atoms with Crippen molar-refractivity contribution < 1.29 is 14.3 Å². The second-order valence-electron chi connectivity index (χ2n) is 10.1. The molecule has 4 aromatic rings. The lowest BCUT2D eigenvalue weighted by molar-refractivity contribution is 0.0663. The van der Waals surface area contributed by atoms with E-state index in [2.05, 4.69) is 19.9 Å². The van der Waals surface area contributed by atoms with Crippen molar-refractivity contribution >= 4 is 22.6 Å². The molecule has 1 aromatic carbocycles. The molecule has 0 radical (unpaired) electrons. The minimum atomic E-state index is -1.21. The van der Waals surface area contributed by atoms with E-state index in [1.54, 1.807) is 4.68 Å². The number of carbonyl (C=O) groups is 1. The van der Waals surface area contributed by atoms with E-state index in [0.29, 0.717) is 24.7 Å². The number of hydrogen-bond donors (Lipinski definition) is 1. The summed E-state index contributed by atoms with van der Waals surface area (Å²) in [5, 5.41) is 14.4. The summed E-state index contributed by atoms with van der Waals surface area (Å²) in [6.45, 7) is 8.90. The number of allylic oxidation sites excluding steroid dienone is 2. The van der Waals surface area contributed by atoms with Crippen molar-refractivity contribution in [3.8, 4) is 11.5 Å². The number of hydrogen-bond acceptors (Lipinski definition) is 5. The maximum Gasteiger partial charge on any atom is 0.371 e. The van der Waals surface area contributed by atoms with Gasteiger partial charge in [-0.3, -0.25) is 18.6 Å². The summed E-state index contributed by atoms with van der Waals surface area (Å²) < 4.78 is 9.87. The van der Waals surface area contributed by atoms with Crippen LogP contribution in [0.15, 0.2) is 62.5 Å². The van der Waals surface area contributed by atoms with E-state index in [4.69, 9.17) is 9.52 Å². The molecule has 0 unspecified atom stereocenters. The van der Waals surface area contributed by atoms with Crippen molar-refractivity contribution in [1.29, 1.82) is 0 Å². The number of carboxylic acids is 1. The highest BCUT2D eigenvalue weighted by atomic mass is 16.4. The highest BCUT2D eigenvalue weighted by Gasteiger charge is 2.26. The summed E-state index contributed by atoms with van der Waals surface area (Å²) in [7, 11) is 1.44. The standard InChI is InChI=1S/C28H32N4O5/c1-17(2)11-12-20(19-9-7-6-8-10-19)16-32-24(21-13-14-22(37-21)27(34)35)23-25(29-32)31(15-18(3)4)28(36)30(5)26(23)33/h6-10,12-14,17-18H,11,15-16H2,1-5H3,(H,34,35)/b20-12+. The van der Waals surface area contributed by atoms with Gasteiger partial charge in [0.25, 0.3) is 5.56 Å². The van der Waals surface area contributed by atoms with Gasteiger partial charge in [-0.15, -0.1) is 0 Å². The van der Waals surface area contributed by atoms with Gasteiger partial charge in [0.2, 0.25) is 5.76 Å². The monoisotopic (exact) mass is 504 g/mol. The highest BCUT2D eigenvalue weighted by Crippen LogP contribution is 2.30. The van der Waals surface area contributed by atoms with Crippen molar-refractivity contribution in [2.75, 3.05) is 0 Å². The lowest BCUT2D eigenvalue weighted by Gasteiger charge is -2.12. The minimum absolute atomic E-state index is 0.125. The number of furan rings is 1. The van der Waals surface area contributed by atoms with Crippen molar-refractivity contribution in [2.45, 2.75) is 47.2 Å². The normalized spacial score (nSPS) is 12.2. The molecule has 37 heavy (non-hydrogen) atoms. The molecule has 0 saturated carbocycles. The zero-order valence-corrected chi connectivity index (χ0v) is 21.8. The maximum absolute atomic E-state index is 13.4. The van der Waals surface area contributed by atoms with Crippen molar-refractivity contribution in [1.82, 2.24) is 18.9 Å². The van der Waals surface area contributed by atoms with E-state index >= 15 is 0 Å². The van der Waals surface area contributed by atoms with Crippen LogP contribution in [0, 0.1) is 11.8 Å². The topological polar surface area (TPSA) is 112 Å². The third kappa shape index (κ3) is 5.21. The molecule has 0 aliphatic rings. The zero-order chi connectivity index (χ0) is 26.9. The first-order valence-corrected chi connectivity index (χ1v) is 12.4. The fourth-order valence-electron chi connectivity index (χ4n) is 4.30. The SMILES string of the molecule is CC(C)C/C=C(\Cn1nc2c(c1-c1ccc(C(=O)O)o1)c(=O)n(C)c(=O)n2CC(C)C)c1ccccc1. The van der Waals surface area contributed by atoms with Crippen LogP contribution in [0.1, 0.15) is 50.2 Å². The fraction of sp³-hybridized carbons (Fsp3) is 0.357. The van der Waals surface area contributed by atoms with Crippen LogP contribution < -0.4 is 11.2 Å². The van der Waals surface area contributed by atoms with Crippen molar-refractivity contribution in [3.05, 3.63) is 80.7 Å². The van der Waals surface area contributed by atoms with Crippen LogP contribution in [0.25, 0.3) is 28.1 Å². The first-order valence-electron chi connectivity index (χ1n) is 12.4. The Bertz CT molecular complexity index is 1580. The van der Waals surface area contributed by atoms with Gasteiger partial charge in [-0.1, -0.05) is 64.1 Å². The molecule has 0 aliphatic carbocycles. The number of carboxylic acid groups (broad SMARTS) is 1. The Morgan fingerprint density at radius 1 is 1.05 bits per heavy atom. The van der Waals surface area contributed by atoms with Gasteiger partial charge in [0.05, 0.1) is 6.54 Å². The Morgan fingerprint density at radius 3 is 2.35 bits per heavy atom. The summed E-state index contributed by atoms with van der Waals surface area (Å²) in [6, 6.07) is 12.8. The summed E-state index contributed by atoms with van der Waals surface area (Å²) in [4.78, 5) is 38.1. The third-order valence-corrected chi connectivity index (χ3v) is 6.12. The molecule has 3 heterocycles. The van der Waals surface area contributed by atoms with Gasteiger partial charge in [-0.05, 0) is 41.5 Å². The van der Waals surface area contributed by atoms with E-state index in [1.807, 2.05) is 44.2 Å². The van der Waals surface area contributed by atoms with E-state index in [9.17, 15) is 19.5 Å².